The fourth-order valence-corrected chi connectivity index (χ4v) is 5.64. The van der Waals surface area contributed by atoms with Crippen LogP contribution in [0.25, 0.3) is 6.08 Å². The summed E-state index contributed by atoms with van der Waals surface area (Å²) in [4.78, 5) is 0. The van der Waals surface area contributed by atoms with Crippen molar-refractivity contribution in [3.8, 4) is 11.5 Å². The van der Waals surface area contributed by atoms with Gasteiger partial charge in [0.25, 0.3) is 0 Å². The van der Waals surface area contributed by atoms with E-state index in [1.54, 1.807) is 14.2 Å². The number of methoxy groups -OCH3 is 2. The van der Waals surface area contributed by atoms with Crippen LogP contribution in [0.3, 0.4) is 0 Å². The molecule has 0 aromatic heterocycles. The number of hydrogen-bond donors (Lipinski definition) is 0. The Labute approximate surface area is 233 Å². The molecule has 2 aromatic carbocycles. The number of ether oxygens (including phenoxy) is 2. The highest BCUT2D eigenvalue weighted by Crippen LogP contribution is 2.33. The first-order valence-corrected chi connectivity index (χ1v) is 15.3. The first-order chi connectivity index (χ1) is 18.8. The fourth-order valence-electron chi connectivity index (χ4n) is 5.64. The van der Waals surface area contributed by atoms with E-state index in [-0.39, 0.29) is 0 Å². The second-order valence-corrected chi connectivity index (χ2v) is 10.8. The Balaban J connectivity index is 1.52. The normalized spacial score (nSPS) is 13.2. The van der Waals surface area contributed by atoms with Gasteiger partial charge in [-0.1, -0.05) is 120 Å². The molecular weight excluding hydrogens is 466 g/mol. The Morgan fingerprint density at radius 3 is 1.92 bits per heavy atom. The number of fused-ring (bicyclic) bond motifs is 1. The maximum atomic E-state index is 5.68. The van der Waals surface area contributed by atoms with E-state index >= 15 is 0 Å². The Morgan fingerprint density at radius 2 is 1.32 bits per heavy atom. The monoisotopic (exact) mass is 518 g/mol. The van der Waals surface area contributed by atoms with Gasteiger partial charge in [-0.15, -0.1) is 0 Å². The largest absolute Gasteiger partial charge is 0.493 e. The molecule has 1 heterocycles. The number of rotatable bonds is 19. The maximum absolute atomic E-state index is 5.68. The van der Waals surface area contributed by atoms with Gasteiger partial charge in [-0.25, -0.2) is 4.58 Å². The molecule has 2 aromatic rings. The Kier molecular flexibility index (Phi) is 14.1. The van der Waals surface area contributed by atoms with Crippen molar-refractivity contribution >= 4 is 11.8 Å². The molecule has 0 amide bonds. The first-order valence-electron chi connectivity index (χ1n) is 15.3. The fraction of sp³-hybridized carbons (Fsp3) is 0.571. The molecular formula is C35H52NO2+. The number of nitrogens with zero attached hydrogens (tertiary/aromatic N) is 1. The molecule has 1 aliphatic rings. The summed E-state index contributed by atoms with van der Waals surface area (Å²) in [5.41, 5.74) is 5.46. The molecule has 0 saturated heterocycles. The SMILES string of the molecule is CCCCCCCCCCCCCCCC1=[N+](CC=Cc2ccccc2)CCc2cc(OC)c(OC)cc21. The third-order valence-electron chi connectivity index (χ3n) is 7.91. The molecule has 1 aliphatic heterocycles. The molecule has 0 fully saturated rings. The summed E-state index contributed by atoms with van der Waals surface area (Å²) in [5.74, 6) is 1.67. The van der Waals surface area contributed by atoms with Crippen molar-refractivity contribution < 1.29 is 14.0 Å². The summed E-state index contributed by atoms with van der Waals surface area (Å²) in [6.07, 6.45) is 24.8. The predicted molar refractivity (Wildman–Crippen MR) is 163 cm³/mol. The van der Waals surface area contributed by atoms with Crippen LogP contribution >= 0.6 is 0 Å². The van der Waals surface area contributed by atoms with Crippen molar-refractivity contribution in [1.82, 2.24) is 0 Å². The molecule has 0 saturated carbocycles. The van der Waals surface area contributed by atoms with E-state index in [0.29, 0.717) is 0 Å². The van der Waals surface area contributed by atoms with Gasteiger partial charge < -0.3 is 9.47 Å². The van der Waals surface area contributed by atoms with Crippen LogP contribution in [0, 0.1) is 0 Å². The van der Waals surface area contributed by atoms with E-state index in [1.165, 1.54) is 106 Å². The van der Waals surface area contributed by atoms with E-state index in [0.717, 1.165) is 37.4 Å². The maximum Gasteiger partial charge on any atom is 0.183 e. The van der Waals surface area contributed by atoms with Crippen molar-refractivity contribution in [2.24, 2.45) is 0 Å². The van der Waals surface area contributed by atoms with Gasteiger partial charge in [-0.05, 0) is 35.8 Å². The molecule has 0 aliphatic carbocycles. The molecule has 208 valence electrons. The molecule has 3 nitrogen and oxygen atoms in total. The smallest absolute Gasteiger partial charge is 0.183 e. The van der Waals surface area contributed by atoms with Crippen LogP contribution in [0.4, 0.5) is 0 Å². The Morgan fingerprint density at radius 1 is 0.737 bits per heavy atom. The van der Waals surface area contributed by atoms with Crippen molar-refractivity contribution in [2.75, 3.05) is 27.3 Å². The molecule has 3 heteroatoms. The first kappa shape index (κ1) is 30.0. The van der Waals surface area contributed by atoms with Gasteiger partial charge in [0.1, 0.15) is 6.54 Å². The highest BCUT2D eigenvalue weighted by molar-refractivity contribution is 5.99. The lowest BCUT2D eigenvalue weighted by atomic mass is 9.92. The highest BCUT2D eigenvalue weighted by atomic mass is 16.5. The molecule has 3 rings (SSSR count). The molecule has 0 bridgehead atoms. The van der Waals surface area contributed by atoms with Crippen LogP contribution in [0.2, 0.25) is 0 Å². The summed E-state index contributed by atoms with van der Waals surface area (Å²) in [6, 6.07) is 15.0. The van der Waals surface area contributed by atoms with Crippen LogP contribution in [-0.4, -0.2) is 37.6 Å². The minimum atomic E-state index is 0.829. The van der Waals surface area contributed by atoms with Crippen molar-refractivity contribution in [3.05, 3.63) is 65.2 Å². The molecule has 0 spiro atoms. The molecule has 38 heavy (non-hydrogen) atoms. The summed E-state index contributed by atoms with van der Waals surface area (Å²) >= 11 is 0. The van der Waals surface area contributed by atoms with Crippen molar-refractivity contribution in [1.29, 1.82) is 0 Å². The topological polar surface area (TPSA) is 21.5 Å². The lowest BCUT2D eigenvalue weighted by molar-refractivity contribution is -0.519. The molecule has 0 radical (unpaired) electrons. The standard InChI is InChI=1S/C35H52NO2/c1-4-5-6-7-8-9-10-11-12-13-14-15-19-24-33-32-29-35(38-3)34(37-2)28-31(32)25-27-36(33)26-20-23-30-21-17-16-18-22-30/h16-18,20-23,28-29H,4-15,19,24-27H2,1-3H3/q+1. The van der Waals surface area contributed by atoms with Crippen molar-refractivity contribution in [3.63, 3.8) is 0 Å². The quantitative estimate of drug-likeness (QED) is 0.136. The van der Waals surface area contributed by atoms with E-state index < -0.39 is 0 Å². The molecule has 0 atom stereocenters. The van der Waals surface area contributed by atoms with Crippen LogP contribution in [-0.2, 0) is 6.42 Å². The van der Waals surface area contributed by atoms with Gasteiger partial charge in [-0.3, -0.25) is 0 Å². The summed E-state index contributed by atoms with van der Waals surface area (Å²) in [5, 5.41) is 0. The number of benzene rings is 2. The van der Waals surface area contributed by atoms with Gasteiger partial charge in [0.2, 0.25) is 0 Å². The van der Waals surface area contributed by atoms with Crippen molar-refractivity contribution in [2.45, 2.75) is 103 Å². The average molecular weight is 519 g/mol. The van der Waals surface area contributed by atoms with E-state index in [9.17, 15) is 0 Å². The van der Waals surface area contributed by atoms with Crippen LogP contribution in [0.15, 0.2) is 48.5 Å². The third kappa shape index (κ3) is 9.97. The summed E-state index contributed by atoms with van der Waals surface area (Å²) in [6.45, 7) is 4.29. The highest BCUT2D eigenvalue weighted by Gasteiger charge is 2.26. The van der Waals surface area contributed by atoms with Crippen LogP contribution in [0.1, 0.15) is 114 Å². The van der Waals surface area contributed by atoms with Gasteiger partial charge in [0.15, 0.2) is 23.8 Å². The summed E-state index contributed by atoms with van der Waals surface area (Å²) in [7, 11) is 3.46. The minimum absolute atomic E-state index is 0.829. The third-order valence-corrected chi connectivity index (χ3v) is 7.91. The van der Waals surface area contributed by atoms with Gasteiger partial charge >= 0.3 is 0 Å². The molecule has 0 N–H and O–H groups in total. The predicted octanol–water partition coefficient (Wildman–Crippen LogP) is 9.26. The Hall–Kier alpha value is -2.55. The number of unbranched alkanes of at least 4 members (excludes halogenated alkanes) is 12. The molecule has 0 unspecified atom stereocenters. The van der Waals surface area contributed by atoms with E-state index in [1.807, 2.05) is 0 Å². The van der Waals surface area contributed by atoms with Crippen LogP contribution in [0.5, 0.6) is 11.5 Å². The van der Waals surface area contributed by atoms with E-state index in [2.05, 4.69) is 66.1 Å². The zero-order valence-corrected chi connectivity index (χ0v) is 24.5. The second-order valence-electron chi connectivity index (χ2n) is 10.8. The average Bonchev–Trinajstić information content (AvgIpc) is 2.95. The van der Waals surface area contributed by atoms with Gasteiger partial charge in [0, 0.05) is 18.4 Å². The zero-order valence-electron chi connectivity index (χ0n) is 24.5. The zero-order chi connectivity index (χ0) is 26.8. The lowest BCUT2D eigenvalue weighted by Crippen LogP contribution is -2.30. The second kappa shape index (κ2) is 17.9. The van der Waals surface area contributed by atoms with Gasteiger partial charge in [-0.2, -0.15) is 0 Å². The Bertz CT molecular complexity index is 992. The van der Waals surface area contributed by atoms with Gasteiger partial charge in [0.05, 0.1) is 14.2 Å². The number of hydrogen-bond acceptors (Lipinski definition) is 2. The minimum Gasteiger partial charge on any atom is -0.493 e. The summed E-state index contributed by atoms with van der Waals surface area (Å²) < 4.78 is 13.9. The van der Waals surface area contributed by atoms with Crippen LogP contribution < -0.4 is 9.47 Å². The van der Waals surface area contributed by atoms with E-state index in [4.69, 9.17) is 9.47 Å². The lowest BCUT2D eigenvalue weighted by Gasteiger charge is -2.20.